The van der Waals surface area contributed by atoms with Crippen LogP contribution in [0.3, 0.4) is 0 Å². The second kappa shape index (κ2) is 8.01. The van der Waals surface area contributed by atoms with Crippen molar-refractivity contribution < 1.29 is 13.9 Å². The summed E-state index contributed by atoms with van der Waals surface area (Å²) in [7, 11) is 0. The van der Waals surface area contributed by atoms with E-state index in [9.17, 15) is 9.18 Å². The van der Waals surface area contributed by atoms with Gasteiger partial charge in [0.1, 0.15) is 11.6 Å². The molecule has 3 rings (SSSR count). The van der Waals surface area contributed by atoms with Crippen LogP contribution >= 0.6 is 0 Å². The van der Waals surface area contributed by atoms with Crippen LogP contribution in [-0.2, 0) is 11.3 Å². The summed E-state index contributed by atoms with van der Waals surface area (Å²) in [5.74, 6) is -0.179. The average Bonchev–Trinajstić information content (AvgIpc) is 2.67. The van der Waals surface area contributed by atoms with Gasteiger partial charge in [0.25, 0.3) is 5.91 Å². The van der Waals surface area contributed by atoms with Crippen LogP contribution in [0.2, 0.25) is 0 Å². The second-order valence-corrected chi connectivity index (χ2v) is 5.27. The summed E-state index contributed by atoms with van der Waals surface area (Å²) in [5.41, 5.74) is 2.62. The van der Waals surface area contributed by atoms with Crippen molar-refractivity contribution in [2.75, 3.05) is 6.61 Å². The molecule has 1 N–H and O–H groups in total. The van der Waals surface area contributed by atoms with Gasteiger partial charge in [-0.15, -0.1) is 0 Å². The second-order valence-electron chi connectivity index (χ2n) is 5.27. The van der Waals surface area contributed by atoms with Gasteiger partial charge in [-0.2, -0.15) is 0 Å². The van der Waals surface area contributed by atoms with Gasteiger partial charge in [0.2, 0.25) is 0 Å². The third-order valence-corrected chi connectivity index (χ3v) is 3.50. The van der Waals surface area contributed by atoms with Crippen LogP contribution in [0.1, 0.15) is 5.56 Å². The number of nitrogens with zero attached hydrogens (tertiary/aromatic N) is 2. The van der Waals surface area contributed by atoms with Crippen LogP contribution in [0.5, 0.6) is 5.75 Å². The molecule has 5 nitrogen and oxygen atoms in total. The first-order valence-electron chi connectivity index (χ1n) is 7.72. The summed E-state index contributed by atoms with van der Waals surface area (Å²) >= 11 is 0. The lowest BCUT2D eigenvalue weighted by Crippen LogP contribution is -2.28. The van der Waals surface area contributed by atoms with Crippen LogP contribution in [0.4, 0.5) is 4.39 Å². The lowest BCUT2D eigenvalue weighted by molar-refractivity contribution is -0.123. The number of ether oxygens (including phenoxy) is 1. The summed E-state index contributed by atoms with van der Waals surface area (Å²) < 4.78 is 18.2. The number of hydrogen-bond donors (Lipinski definition) is 1. The van der Waals surface area contributed by atoms with Gasteiger partial charge in [-0.25, -0.2) is 4.39 Å². The van der Waals surface area contributed by atoms with Gasteiger partial charge in [-0.3, -0.25) is 14.8 Å². The number of rotatable bonds is 6. The molecule has 1 amide bonds. The molecule has 126 valence electrons. The van der Waals surface area contributed by atoms with Crippen molar-refractivity contribution in [2.24, 2.45) is 0 Å². The first kappa shape index (κ1) is 16.6. The van der Waals surface area contributed by atoms with Crippen molar-refractivity contribution in [1.29, 1.82) is 0 Å². The Morgan fingerprint density at radius 2 is 1.80 bits per heavy atom. The van der Waals surface area contributed by atoms with Crippen LogP contribution in [0, 0.1) is 5.82 Å². The maximum absolute atomic E-state index is 12.8. The molecule has 0 aliphatic carbocycles. The van der Waals surface area contributed by atoms with E-state index in [1.807, 2.05) is 24.3 Å². The fourth-order valence-electron chi connectivity index (χ4n) is 2.28. The smallest absolute Gasteiger partial charge is 0.258 e. The molecule has 0 unspecified atom stereocenters. The number of aromatic nitrogens is 2. The Balaban J connectivity index is 1.58. The summed E-state index contributed by atoms with van der Waals surface area (Å²) in [6.07, 6.45) is 5.10. The molecular weight excluding hydrogens is 321 g/mol. The molecule has 6 heteroatoms. The molecule has 0 bridgehead atoms. The molecule has 0 fully saturated rings. The first-order chi connectivity index (χ1) is 12.2. The van der Waals surface area contributed by atoms with Crippen LogP contribution in [0.15, 0.2) is 67.1 Å². The molecular formula is C19H16FN3O2. The highest BCUT2D eigenvalue weighted by atomic mass is 19.1. The van der Waals surface area contributed by atoms with Crippen molar-refractivity contribution in [3.05, 3.63) is 78.5 Å². The third-order valence-electron chi connectivity index (χ3n) is 3.50. The summed E-state index contributed by atoms with van der Waals surface area (Å²) in [4.78, 5) is 20.3. The predicted molar refractivity (Wildman–Crippen MR) is 91.2 cm³/mol. The Morgan fingerprint density at radius 1 is 1.04 bits per heavy atom. The third kappa shape index (κ3) is 4.60. The highest BCUT2D eigenvalue weighted by Crippen LogP contribution is 2.20. The number of carbonyl (C=O) groups excluding carboxylic acids is 1. The fourth-order valence-corrected chi connectivity index (χ4v) is 2.28. The normalized spacial score (nSPS) is 10.3. The number of carbonyl (C=O) groups is 1. The zero-order valence-electron chi connectivity index (χ0n) is 13.4. The van der Waals surface area contributed by atoms with E-state index in [-0.39, 0.29) is 18.3 Å². The Hall–Kier alpha value is -3.28. The molecule has 2 heterocycles. The van der Waals surface area contributed by atoms with Gasteiger partial charge in [0.05, 0.1) is 5.69 Å². The average molecular weight is 337 g/mol. The molecule has 0 saturated heterocycles. The van der Waals surface area contributed by atoms with E-state index < -0.39 is 0 Å². The number of hydrogen-bond acceptors (Lipinski definition) is 4. The zero-order valence-corrected chi connectivity index (χ0v) is 13.4. The SMILES string of the molecule is O=C(COc1ccc(F)cc1)NCc1cccnc1-c1ccncc1. The molecule has 2 aromatic heterocycles. The highest BCUT2D eigenvalue weighted by molar-refractivity contribution is 5.77. The minimum absolute atomic E-state index is 0.142. The van der Waals surface area contributed by atoms with E-state index in [2.05, 4.69) is 15.3 Å². The van der Waals surface area contributed by atoms with Crippen LogP contribution in [0.25, 0.3) is 11.3 Å². The summed E-state index contributed by atoms with van der Waals surface area (Å²) in [6, 6.07) is 13.0. The molecule has 0 radical (unpaired) electrons. The molecule has 3 aromatic rings. The van der Waals surface area contributed by atoms with E-state index >= 15 is 0 Å². The fraction of sp³-hybridized carbons (Fsp3) is 0.105. The Bertz CT molecular complexity index is 839. The van der Waals surface area contributed by atoms with E-state index in [4.69, 9.17) is 4.74 Å². The van der Waals surface area contributed by atoms with Gasteiger partial charge in [0.15, 0.2) is 6.61 Å². The van der Waals surface area contributed by atoms with Gasteiger partial charge in [0, 0.05) is 30.7 Å². The molecule has 0 aliphatic heterocycles. The van der Waals surface area contributed by atoms with Crippen LogP contribution < -0.4 is 10.1 Å². The highest BCUT2D eigenvalue weighted by Gasteiger charge is 2.08. The van der Waals surface area contributed by atoms with E-state index in [0.717, 1.165) is 16.8 Å². The van der Waals surface area contributed by atoms with Crippen molar-refractivity contribution >= 4 is 5.91 Å². The van der Waals surface area contributed by atoms with Crippen molar-refractivity contribution in [2.45, 2.75) is 6.54 Å². The predicted octanol–water partition coefficient (Wildman–Crippen LogP) is 2.98. The maximum Gasteiger partial charge on any atom is 0.258 e. The molecule has 1 aromatic carbocycles. The number of amides is 1. The Morgan fingerprint density at radius 3 is 2.56 bits per heavy atom. The number of halogens is 1. The Labute approximate surface area is 144 Å². The summed E-state index contributed by atoms with van der Waals surface area (Å²) in [6.45, 7) is 0.188. The molecule has 0 aliphatic rings. The molecule has 25 heavy (non-hydrogen) atoms. The maximum atomic E-state index is 12.8. The topological polar surface area (TPSA) is 64.1 Å². The van der Waals surface area contributed by atoms with Gasteiger partial charge >= 0.3 is 0 Å². The lowest BCUT2D eigenvalue weighted by atomic mass is 10.1. The molecule has 0 saturated carbocycles. The van der Waals surface area contributed by atoms with Crippen LogP contribution in [-0.4, -0.2) is 22.5 Å². The van der Waals surface area contributed by atoms with Crippen molar-refractivity contribution in [3.8, 4) is 17.0 Å². The molecule has 0 spiro atoms. The van der Waals surface area contributed by atoms with E-state index in [1.54, 1.807) is 18.6 Å². The minimum Gasteiger partial charge on any atom is -0.484 e. The number of benzene rings is 1. The van der Waals surface area contributed by atoms with E-state index in [1.165, 1.54) is 24.3 Å². The van der Waals surface area contributed by atoms with E-state index in [0.29, 0.717) is 12.3 Å². The van der Waals surface area contributed by atoms with Crippen molar-refractivity contribution in [3.63, 3.8) is 0 Å². The van der Waals surface area contributed by atoms with Gasteiger partial charge in [-0.1, -0.05) is 6.07 Å². The minimum atomic E-state index is -0.350. The standard InChI is InChI=1S/C19H16FN3O2/c20-16-3-5-17(6-4-16)25-13-18(24)23-12-15-2-1-9-22-19(15)14-7-10-21-11-8-14/h1-11H,12-13H2,(H,23,24). The van der Waals surface area contributed by atoms with Crippen molar-refractivity contribution in [1.82, 2.24) is 15.3 Å². The number of nitrogens with one attached hydrogen (secondary N) is 1. The quantitative estimate of drug-likeness (QED) is 0.751. The Kier molecular flexibility index (Phi) is 5.31. The monoisotopic (exact) mass is 337 g/mol. The summed E-state index contributed by atoms with van der Waals surface area (Å²) in [5, 5.41) is 2.80. The lowest BCUT2D eigenvalue weighted by Gasteiger charge is -2.10. The zero-order chi connectivity index (χ0) is 17.5. The largest absolute Gasteiger partial charge is 0.484 e. The number of pyridine rings is 2. The first-order valence-corrected chi connectivity index (χ1v) is 7.72. The van der Waals surface area contributed by atoms with Gasteiger partial charge < -0.3 is 10.1 Å². The molecule has 0 atom stereocenters. The van der Waals surface area contributed by atoms with Gasteiger partial charge in [-0.05, 0) is 48.0 Å².